The van der Waals surface area contributed by atoms with E-state index in [0.29, 0.717) is 5.82 Å². The van der Waals surface area contributed by atoms with Gasteiger partial charge >= 0.3 is 0 Å². The van der Waals surface area contributed by atoms with Crippen molar-refractivity contribution in [3.63, 3.8) is 0 Å². The van der Waals surface area contributed by atoms with Crippen LogP contribution >= 0.6 is 0 Å². The van der Waals surface area contributed by atoms with Crippen molar-refractivity contribution in [1.29, 1.82) is 0 Å². The predicted octanol–water partition coefficient (Wildman–Crippen LogP) is 1.46. The first-order valence-electron chi connectivity index (χ1n) is 4.79. The molecule has 0 radical (unpaired) electrons. The molecule has 2 rings (SSSR count). The molecule has 0 amide bonds. The first-order chi connectivity index (χ1) is 7.79. The van der Waals surface area contributed by atoms with Gasteiger partial charge in [0.25, 0.3) is 6.02 Å². The Kier molecular flexibility index (Phi) is 2.86. The molecular formula is C11H12N4O. The Morgan fingerprint density at radius 2 is 2.06 bits per heavy atom. The lowest BCUT2D eigenvalue weighted by molar-refractivity contribution is 0.397. The number of methoxy groups -OCH3 is 1. The normalized spacial score (nSPS) is 11.4. The number of hydrogen-bond acceptors (Lipinski definition) is 3. The van der Waals surface area contributed by atoms with Gasteiger partial charge in [0.15, 0.2) is 5.82 Å². The molecule has 0 atom stereocenters. The molecule has 0 saturated heterocycles. The molecule has 0 unspecified atom stereocenters. The molecule has 0 aliphatic rings. The van der Waals surface area contributed by atoms with Crippen LogP contribution < -0.4 is 5.73 Å². The van der Waals surface area contributed by atoms with Gasteiger partial charge in [0.1, 0.15) is 0 Å². The van der Waals surface area contributed by atoms with Crippen LogP contribution in [0.3, 0.4) is 0 Å². The number of nitrogens with two attached hydrogens (primary N) is 1. The van der Waals surface area contributed by atoms with Gasteiger partial charge in [0, 0.05) is 12.3 Å². The zero-order chi connectivity index (χ0) is 11.4. The van der Waals surface area contributed by atoms with Gasteiger partial charge in [0.2, 0.25) is 0 Å². The van der Waals surface area contributed by atoms with E-state index in [2.05, 4.69) is 10.1 Å². The van der Waals surface area contributed by atoms with Crippen LogP contribution in [-0.2, 0) is 4.74 Å². The average molecular weight is 216 g/mol. The number of aliphatic imine (C=N–C) groups is 1. The number of amidine groups is 1. The molecule has 1 aromatic heterocycles. The van der Waals surface area contributed by atoms with E-state index >= 15 is 0 Å². The first-order valence-corrected chi connectivity index (χ1v) is 4.79. The predicted molar refractivity (Wildman–Crippen MR) is 61.9 cm³/mol. The van der Waals surface area contributed by atoms with Gasteiger partial charge in [-0.3, -0.25) is 0 Å². The van der Waals surface area contributed by atoms with Crippen LogP contribution in [0, 0.1) is 0 Å². The minimum Gasteiger partial charge on any atom is -0.468 e. The first kappa shape index (κ1) is 10.2. The molecule has 1 heterocycles. The summed E-state index contributed by atoms with van der Waals surface area (Å²) in [4.78, 5) is 3.96. The molecule has 0 saturated carbocycles. The van der Waals surface area contributed by atoms with Crippen LogP contribution in [0.15, 0.2) is 47.6 Å². The summed E-state index contributed by atoms with van der Waals surface area (Å²) in [6, 6.07) is 11.6. The van der Waals surface area contributed by atoms with Crippen LogP contribution in [-0.4, -0.2) is 22.9 Å². The summed E-state index contributed by atoms with van der Waals surface area (Å²) in [6.45, 7) is 0. The summed E-state index contributed by atoms with van der Waals surface area (Å²) in [5, 5.41) is 4.24. The van der Waals surface area contributed by atoms with Gasteiger partial charge in [0.05, 0.1) is 12.8 Å². The van der Waals surface area contributed by atoms with Gasteiger partial charge in [-0.15, -0.1) is 5.10 Å². The Labute approximate surface area is 93.2 Å². The second kappa shape index (κ2) is 4.48. The average Bonchev–Trinajstić information content (AvgIpc) is 2.78. The van der Waals surface area contributed by atoms with E-state index in [9.17, 15) is 0 Å². The van der Waals surface area contributed by atoms with Crippen LogP contribution in [0.25, 0.3) is 5.69 Å². The van der Waals surface area contributed by atoms with Gasteiger partial charge in [-0.25, -0.2) is 4.68 Å². The topological polar surface area (TPSA) is 65.4 Å². The lowest BCUT2D eigenvalue weighted by Gasteiger charge is -1.98. The number of para-hydroxylation sites is 1. The Bertz CT molecular complexity index is 490. The number of nitrogens with zero attached hydrogens (tertiary/aromatic N) is 3. The van der Waals surface area contributed by atoms with E-state index in [1.54, 1.807) is 10.7 Å². The maximum Gasteiger partial charge on any atom is 0.288 e. The molecule has 0 spiro atoms. The number of rotatable bonds is 2. The molecule has 0 fully saturated rings. The maximum absolute atomic E-state index is 5.43. The van der Waals surface area contributed by atoms with Crippen molar-refractivity contribution in [2.24, 2.45) is 10.7 Å². The largest absolute Gasteiger partial charge is 0.468 e. The molecule has 0 aliphatic heterocycles. The van der Waals surface area contributed by atoms with E-state index in [-0.39, 0.29) is 6.02 Å². The fourth-order valence-corrected chi connectivity index (χ4v) is 1.26. The van der Waals surface area contributed by atoms with Crippen molar-refractivity contribution in [3.05, 3.63) is 42.6 Å². The van der Waals surface area contributed by atoms with Gasteiger partial charge in [-0.05, 0) is 12.1 Å². The van der Waals surface area contributed by atoms with E-state index in [1.165, 1.54) is 7.11 Å². The van der Waals surface area contributed by atoms with E-state index in [0.717, 1.165) is 5.69 Å². The Morgan fingerprint density at radius 1 is 1.31 bits per heavy atom. The molecule has 2 N–H and O–H groups in total. The fraction of sp³-hybridized carbons (Fsp3) is 0.0909. The maximum atomic E-state index is 5.43. The van der Waals surface area contributed by atoms with Crippen molar-refractivity contribution < 1.29 is 4.74 Å². The lowest BCUT2D eigenvalue weighted by Crippen LogP contribution is -2.12. The third-order valence-electron chi connectivity index (χ3n) is 2.03. The van der Waals surface area contributed by atoms with E-state index in [4.69, 9.17) is 10.5 Å². The highest BCUT2D eigenvalue weighted by atomic mass is 16.5. The minimum absolute atomic E-state index is 0.0957. The quantitative estimate of drug-likeness (QED) is 0.610. The summed E-state index contributed by atoms with van der Waals surface area (Å²) in [7, 11) is 1.47. The Balaban J connectivity index is 2.27. The SMILES string of the molecule is COC(N)=Nc1ccn(-c2ccccc2)n1. The van der Waals surface area contributed by atoms with Gasteiger partial charge in [-0.2, -0.15) is 4.99 Å². The van der Waals surface area contributed by atoms with E-state index < -0.39 is 0 Å². The smallest absolute Gasteiger partial charge is 0.288 e. The summed E-state index contributed by atoms with van der Waals surface area (Å²) >= 11 is 0. The second-order valence-corrected chi connectivity index (χ2v) is 3.11. The highest BCUT2D eigenvalue weighted by Gasteiger charge is 2.00. The third kappa shape index (κ3) is 2.20. The van der Waals surface area contributed by atoms with Crippen LogP contribution in [0.5, 0.6) is 0 Å². The van der Waals surface area contributed by atoms with Crippen molar-refractivity contribution in [1.82, 2.24) is 9.78 Å². The molecule has 1 aromatic carbocycles. The van der Waals surface area contributed by atoms with Crippen molar-refractivity contribution in [2.75, 3.05) is 7.11 Å². The standard InChI is InChI=1S/C11H12N4O/c1-16-11(12)13-10-7-8-15(14-10)9-5-3-2-4-6-9/h2-8H,1H3,(H2,12,13,14). The van der Waals surface area contributed by atoms with Crippen LogP contribution in [0.1, 0.15) is 0 Å². The number of benzene rings is 1. The molecular weight excluding hydrogens is 204 g/mol. The highest BCUT2D eigenvalue weighted by Crippen LogP contribution is 2.11. The molecule has 0 aliphatic carbocycles. The zero-order valence-corrected chi connectivity index (χ0v) is 8.87. The van der Waals surface area contributed by atoms with Crippen LogP contribution in [0.2, 0.25) is 0 Å². The monoisotopic (exact) mass is 216 g/mol. The molecule has 5 nitrogen and oxygen atoms in total. The lowest BCUT2D eigenvalue weighted by atomic mass is 10.3. The molecule has 82 valence electrons. The highest BCUT2D eigenvalue weighted by molar-refractivity contribution is 5.74. The van der Waals surface area contributed by atoms with E-state index in [1.807, 2.05) is 36.5 Å². The van der Waals surface area contributed by atoms with Gasteiger partial charge in [-0.1, -0.05) is 18.2 Å². The molecule has 5 heteroatoms. The summed E-state index contributed by atoms with van der Waals surface area (Å²) in [5.74, 6) is 0.517. The Morgan fingerprint density at radius 3 is 2.75 bits per heavy atom. The fourth-order valence-electron chi connectivity index (χ4n) is 1.26. The second-order valence-electron chi connectivity index (χ2n) is 3.11. The van der Waals surface area contributed by atoms with Crippen molar-refractivity contribution in [3.8, 4) is 5.69 Å². The Hall–Kier alpha value is -2.30. The molecule has 0 bridgehead atoms. The number of ether oxygens (including phenoxy) is 1. The zero-order valence-electron chi connectivity index (χ0n) is 8.87. The molecule has 16 heavy (non-hydrogen) atoms. The summed E-state index contributed by atoms with van der Waals surface area (Å²) in [6.07, 6.45) is 1.82. The number of hydrogen-bond donors (Lipinski definition) is 1. The van der Waals surface area contributed by atoms with Crippen LogP contribution in [0.4, 0.5) is 5.82 Å². The minimum atomic E-state index is 0.0957. The van der Waals surface area contributed by atoms with Gasteiger partial charge < -0.3 is 10.5 Å². The molecule has 2 aromatic rings. The number of aromatic nitrogens is 2. The van der Waals surface area contributed by atoms with Crippen molar-refractivity contribution >= 4 is 11.8 Å². The van der Waals surface area contributed by atoms with Crippen molar-refractivity contribution in [2.45, 2.75) is 0 Å². The summed E-state index contributed by atoms with van der Waals surface area (Å²) < 4.78 is 6.47. The summed E-state index contributed by atoms with van der Waals surface area (Å²) in [5.41, 5.74) is 6.40. The third-order valence-corrected chi connectivity index (χ3v) is 2.03.